The number of thiophene rings is 1. The maximum atomic E-state index is 11.7. The van der Waals surface area contributed by atoms with Crippen LogP contribution in [0.5, 0.6) is 0 Å². The molecule has 0 aliphatic carbocycles. The molecule has 1 aromatic heterocycles. The van der Waals surface area contributed by atoms with E-state index < -0.39 is 5.60 Å². The highest BCUT2D eigenvalue weighted by molar-refractivity contribution is 7.12. The Morgan fingerprint density at radius 2 is 2.20 bits per heavy atom. The molecule has 1 rings (SSSR count). The molecular weight excluding hydrogens is 274 g/mol. The lowest BCUT2D eigenvalue weighted by atomic mass is 10.2. The second-order valence-electron chi connectivity index (χ2n) is 5.46. The molecule has 5 nitrogen and oxygen atoms in total. The predicted molar refractivity (Wildman–Crippen MR) is 79.6 cm³/mol. The Kier molecular flexibility index (Phi) is 5.99. The van der Waals surface area contributed by atoms with E-state index in [2.05, 4.69) is 11.4 Å². The van der Waals surface area contributed by atoms with Crippen molar-refractivity contribution < 1.29 is 9.53 Å². The first-order valence-corrected chi connectivity index (χ1v) is 7.27. The second-order valence-corrected chi connectivity index (χ2v) is 6.62. The number of hydrogen-bond acceptors (Lipinski definition) is 5. The molecule has 0 aromatic carbocycles. The average molecular weight is 295 g/mol. The summed E-state index contributed by atoms with van der Waals surface area (Å²) in [6.45, 7) is 7.50. The van der Waals surface area contributed by atoms with Gasteiger partial charge in [0.25, 0.3) is 0 Å². The molecule has 0 bridgehead atoms. The van der Waals surface area contributed by atoms with E-state index >= 15 is 0 Å². The Balaban J connectivity index is 2.23. The summed E-state index contributed by atoms with van der Waals surface area (Å²) in [6, 6.07) is 5.87. The molecule has 0 spiro atoms. The summed E-state index contributed by atoms with van der Waals surface area (Å²) in [6.07, 6.45) is -0.317. The third-order valence-corrected chi connectivity index (χ3v) is 3.39. The number of carbonyl (C=O) groups excluding carboxylic acids is 1. The monoisotopic (exact) mass is 295 g/mol. The smallest absolute Gasteiger partial charge is 0.410 e. The van der Waals surface area contributed by atoms with Crippen LogP contribution in [0.1, 0.15) is 30.5 Å². The first-order valence-electron chi connectivity index (χ1n) is 6.45. The number of amides is 1. The van der Waals surface area contributed by atoms with Crippen LogP contribution < -0.4 is 5.32 Å². The molecule has 0 saturated heterocycles. The number of likely N-dealkylation sites (N-methyl/N-ethyl adjacent to an activating group) is 1. The molecule has 0 aliphatic rings. The summed E-state index contributed by atoms with van der Waals surface area (Å²) in [4.78, 5) is 15.1. The number of ether oxygens (including phenoxy) is 1. The minimum atomic E-state index is -0.469. The summed E-state index contributed by atoms with van der Waals surface area (Å²) >= 11 is 1.48. The molecule has 1 amide bonds. The molecule has 1 N–H and O–H groups in total. The zero-order chi connectivity index (χ0) is 15.2. The van der Waals surface area contributed by atoms with Gasteiger partial charge >= 0.3 is 6.09 Å². The van der Waals surface area contributed by atoms with E-state index in [0.29, 0.717) is 24.5 Å². The summed E-state index contributed by atoms with van der Waals surface area (Å²) in [5.41, 5.74) is -0.469. The van der Waals surface area contributed by atoms with Gasteiger partial charge in [-0.15, -0.1) is 11.3 Å². The fourth-order valence-corrected chi connectivity index (χ4v) is 2.20. The van der Waals surface area contributed by atoms with Gasteiger partial charge in [-0.05, 0) is 32.9 Å². The van der Waals surface area contributed by atoms with Crippen molar-refractivity contribution in [2.24, 2.45) is 0 Å². The van der Waals surface area contributed by atoms with Crippen LogP contribution in [-0.4, -0.2) is 36.7 Å². The van der Waals surface area contributed by atoms with Gasteiger partial charge in [-0.25, -0.2) is 4.79 Å². The number of rotatable bonds is 5. The van der Waals surface area contributed by atoms with E-state index in [1.807, 2.05) is 32.9 Å². The lowest BCUT2D eigenvalue weighted by Gasteiger charge is -2.24. The Hall–Kier alpha value is -1.58. The Morgan fingerprint density at radius 3 is 2.75 bits per heavy atom. The van der Waals surface area contributed by atoms with Crippen molar-refractivity contribution in [2.75, 3.05) is 20.1 Å². The number of hydrogen-bond donors (Lipinski definition) is 1. The Labute approximate surface area is 124 Å². The highest BCUT2D eigenvalue weighted by Crippen LogP contribution is 2.14. The Bertz CT molecular complexity index is 485. The van der Waals surface area contributed by atoms with E-state index in [1.165, 1.54) is 11.3 Å². The van der Waals surface area contributed by atoms with E-state index in [1.54, 1.807) is 11.9 Å². The molecule has 6 heteroatoms. The topological polar surface area (TPSA) is 65.4 Å². The van der Waals surface area contributed by atoms with Crippen LogP contribution in [0.2, 0.25) is 0 Å². The molecule has 0 aliphatic heterocycles. The van der Waals surface area contributed by atoms with E-state index in [-0.39, 0.29) is 6.09 Å². The minimum absolute atomic E-state index is 0.317. The van der Waals surface area contributed by atoms with Gasteiger partial charge < -0.3 is 15.0 Å². The van der Waals surface area contributed by atoms with Crippen molar-refractivity contribution in [3.63, 3.8) is 0 Å². The number of nitriles is 1. The zero-order valence-corrected chi connectivity index (χ0v) is 13.2. The SMILES string of the molecule is CN(CCNCc1ccc(C#N)s1)C(=O)OC(C)(C)C. The lowest BCUT2D eigenvalue weighted by molar-refractivity contribution is 0.0300. The summed E-state index contributed by atoms with van der Waals surface area (Å²) in [7, 11) is 1.72. The van der Waals surface area contributed by atoms with Crippen molar-refractivity contribution >= 4 is 17.4 Å². The maximum absolute atomic E-state index is 11.7. The molecular formula is C14H21N3O2S. The van der Waals surface area contributed by atoms with Gasteiger partial charge in [-0.3, -0.25) is 0 Å². The molecule has 1 aromatic rings. The summed E-state index contributed by atoms with van der Waals surface area (Å²) < 4.78 is 5.26. The maximum Gasteiger partial charge on any atom is 0.410 e. The van der Waals surface area contributed by atoms with E-state index in [4.69, 9.17) is 10.00 Å². The van der Waals surface area contributed by atoms with Crippen LogP contribution in [-0.2, 0) is 11.3 Å². The van der Waals surface area contributed by atoms with Crippen LogP contribution in [0.25, 0.3) is 0 Å². The molecule has 0 unspecified atom stereocenters. The molecule has 1 heterocycles. The van der Waals surface area contributed by atoms with Gasteiger partial charge in [0.15, 0.2) is 0 Å². The first-order chi connectivity index (χ1) is 9.31. The number of nitrogens with zero attached hydrogens (tertiary/aromatic N) is 2. The highest BCUT2D eigenvalue weighted by Gasteiger charge is 2.18. The molecule has 0 saturated carbocycles. The van der Waals surface area contributed by atoms with Gasteiger partial charge in [0.1, 0.15) is 16.5 Å². The van der Waals surface area contributed by atoms with Gasteiger partial charge in [0.2, 0.25) is 0 Å². The first kappa shape index (κ1) is 16.5. The van der Waals surface area contributed by atoms with Crippen molar-refractivity contribution in [3.8, 4) is 6.07 Å². The molecule has 20 heavy (non-hydrogen) atoms. The zero-order valence-electron chi connectivity index (χ0n) is 12.4. The molecule has 0 fully saturated rings. The van der Waals surface area contributed by atoms with E-state index in [0.717, 1.165) is 4.88 Å². The van der Waals surface area contributed by atoms with Crippen molar-refractivity contribution in [1.29, 1.82) is 5.26 Å². The second kappa shape index (κ2) is 7.27. The quantitative estimate of drug-likeness (QED) is 0.848. The molecule has 0 radical (unpaired) electrons. The fraction of sp³-hybridized carbons (Fsp3) is 0.571. The fourth-order valence-electron chi connectivity index (χ4n) is 1.42. The lowest BCUT2D eigenvalue weighted by Crippen LogP contribution is -2.37. The third-order valence-electron chi connectivity index (χ3n) is 2.40. The van der Waals surface area contributed by atoms with E-state index in [9.17, 15) is 4.79 Å². The van der Waals surface area contributed by atoms with Crippen LogP contribution in [0.3, 0.4) is 0 Å². The van der Waals surface area contributed by atoms with Crippen molar-refractivity contribution in [2.45, 2.75) is 32.9 Å². The van der Waals surface area contributed by atoms with Gasteiger partial charge in [0.05, 0.1) is 0 Å². The summed E-state index contributed by atoms with van der Waals surface area (Å²) in [5.74, 6) is 0. The predicted octanol–water partition coefficient (Wildman–Crippen LogP) is 2.58. The van der Waals surface area contributed by atoms with Crippen molar-refractivity contribution in [1.82, 2.24) is 10.2 Å². The average Bonchev–Trinajstić information content (AvgIpc) is 2.80. The van der Waals surface area contributed by atoms with Crippen molar-refractivity contribution in [3.05, 3.63) is 21.9 Å². The van der Waals surface area contributed by atoms with Crippen LogP contribution >= 0.6 is 11.3 Å². The summed E-state index contributed by atoms with van der Waals surface area (Å²) in [5, 5.41) is 12.0. The number of nitrogens with one attached hydrogen (secondary N) is 1. The molecule has 0 atom stereocenters. The van der Waals surface area contributed by atoms with Crippen LogP contribution in [0, 0.1) is 11.3 Å². The number of carbonyl (C=O) groups is 1. The highest BCUT2D eigenvalue weighted by atomic mass is 32.1. The molecule has 110 valence electrons. The Morgan fingerprint density at radius 1 is 1.50 bits per heavy atom. The van der Waals surface area contributed by atoms with Crippen LogP contribution in [0.15, 0.2) is 12.1 Å². The largest absolute Gasteiger partial charge is 0.444 e. The normalized spacial score (nSPS) is 10.9. The minimum Gasteiger partial charge on any atom is -0.444 e. The standard InChI is InChI=1S/C14H21N3O2S/c1-14(2,3)19-13(18)17(4)8-7-16-10-12-6-5-11(9-15)20-12/h5-6,16H,7-8,10H2,1-4H3. The third kappa shape index (κ3) is 6.04. The van der Waals surface area contributed by atoms with Gasteiger partial charge in [0, 0.05) is 31.6 Å². The van der Waals surface area contributed by atoms with Crippen LogP contribution in [0.4, 0.5) is 4.79 Å². The van der Waals surface area contributed by atoms with Gasteiger partial charge in [-0.1, -0.05) is 0 Å². The van der Waals surface area contributed by atoms with Gasteiger partial charge in [-0.2, -0.15) is 5.26 Å².